The van der Waals surface area contributed by atoms with Gasteiger partial charge in [0.05, 0.1) is 34.9 Å². The molecule has 9 heteroatoms. The van der Waals surface area contributed by atoms with Crippen LogP contribution in [-0.4, -0.2) is 34.6 Å². The predicted octanol–water partition coefficient (Wildman–Crippen LogP) is 4.81. The number of nitrogens with one attached hydrogen (secondary N) is 2. The van der Waals surface area contributed by atoms with Crippen molar-refractivity contribution in [2.24, 2.45) is 0 Å². The van der Waals surface area contributed by atoms with Crippen molar-refractivity contribution < 1.29 is 9.53 Å². The van der Waals surface area contributed by atoms with Gasteiger partial charge in [-0.2, -0.15) is 0 Å². The number of ether oxygens (including phenoxy) is 1. The van der Waals surface area contributed by atoms with Gasteiger partial charge < -0.3 is 20.3 Å². The van der Waals surface area contributed by atoms with Crippen LogP contribution in [0.15, 0.2) is 60.8 Å². The van der Waals surface area contributed by atoms with Crippen LogP contribution >= 0.6 is 35.2 Å². The van der Waals surface area contributed by atoms with Gasteiger partial charge in [0.25, 0.3) is 0 Å². The number of nitrogens with zero attached hydrogens (tertiary/aromatic N) is 2. The number of pyridine rings is 1. The molecule has 1 aromatic carbocycles. The number of thiophene rings is 1. The van der Waals surface area contributed by atoms with Gasteiger partial charge in [-0.3, -0.25) is 9.78 Å². The van der Waals surface area contributed by atoms with E-state index in [0.29, 0.717) is 27.4 Å². The Labute approximate surface area is 195 Å². The van der Waals surface area contributed by atoms with Gasteiger partial charge >= 0.3 is 0 Å². The van der Waals surface area contributed by atoms with E-state index >= 15 is 0 Å². The molecule has 2 atom stereocenters. The maximum absolute atomic E-state index is 12.7. The molecule has 0 bridgehead atoms. The number of thiocarbonyl (C=S) groups is 1. The molecule has 0 saturated carbocycles. The van der Waals surface area contributed by atoms with Gasteiger partial charge in [-0.15, -0.1) is 11.3 Å². The lowest BCUT2D eigenvalue weighted by molar-refractivity contribution is -0.116. The fraction of sp³-hybridized carbons (Fsp3) is 0.227. The summed E-state index contributed by atoms with van der Waals surface area (Å²) in [7, 11) is 1.58. The number of anilines is 1. The van der Waals surface area contributed by atoms with Crippen molar-refractivity contribution in [3.8, 4) is 5.75 Å². The van der Waals surface area contributed by atoms with Gasteiger partial charge in [-0.25, -0.2) is 0 Å². The van der Waals surface area contributed by atoms with E-state index in [2.05, 4.69) is 15.6 Å². The summed E-state index contributed by atoms with van der Waals surface area (Å²) in [6.07, 6.45) is 2.03. The number of hydrogen-bond acceptors (Lipinski definition) is 5. The first-order chi connectivity index (χ1) is 15.1. The van der Waals surface area contributed by atoms with Crippen LogP contribution in [0, 0.1) is 0 Å². The number of rotatable bonds is 7. The van der Waals surface area contributed by atoms with Gasteiger partial charge in [0, 0.05) is 24.0 Å². The molecule has 6 nitrogen and oxygen atoms in total. The molecule has 160 valence electrons. The van der Waals surface area contributed by atoms with Crippen molar-refractivity contribution in [1.29, 1.82) is 0 Å². The Morgan fingerprint density at radius 3 is 2.77 bits per heavy atom. The first-order valence-electron chi connectivity index (χ1n) is 9.73. The second-order valence-corrected chi connectivity index (χ2v) is 9.09. The normalized spacial score (nSPS) is 18.0. The highest BCUT2D eigenvalue weighted by Gasteiger charge is 2.40. The van der Waals surface area contributed by atoms with Gasteiger partial charge in [0.2, 0.25) is 5.91 Å². The highest BCUT2D eigenvalue weighted by Crippen LogP contribution is 2.42. The molecule has 3 aromatic rings. The van der Waals surface area contributed by atoms with Crippen LogP contribution in [-0.2, 0) is 4.79 Å². The van der Waals surface area contributed by atoms with Crippen LogP contribution in [0.4, 0.5) is 5.69 Å². The molecule has 2 N–H and O–H groups in total. The summed E-state index contributed by atoms with van der Waals surface area (Å²) in [4.78, 5) is 20.3. The number of amides is 1. The molecule has 1 amide bonds. The summed E-state index contributed by atoms with van der Waals surface area (Å²) >= 11 is 13.4. The van der Waals surface area contributed by atoms with Gasteiger partial charge in [-0.1, -0.05) is 29.8 Å². The van der Waals surface area contributed by atoms with Crippen molar-refractivity contribution in [3.63, 3.8) is 0 Å². The summed E-state index contributed by atoms with van der Waals surface area (Å²) in [6, 6.07) is 16.8. The Morgan fingerprint density at radius 2 is 2.06 bits per heavy atom. The summed E-state index contributed by atoms with van der Waals surface area (Å²) in [5, 5.41) is 6.89. The predicted molar refractivity (Wildman–Crippen MR) is 128 cm³/mol. The molecular formula is C22H21ClN4O2S2. The zero-order valence-corrected chi connectivity index (χ0v) is 19.1. The van der Waals surface area contributed by atoms with Crippen molar-refractivity contribution in [1.82, 2.24) is 15.2 Å². The summed E-state index contributed by atoms with van der Waals surface area (Å²) < 4.78 is 6.02. The topological polar surface area (TPSA) is 66.5 Å². The number of hydrogen-bond donors (Lipinski definition) is 2. The van der Waals surface area contributed by atoms with Crippen LogP contribution in [0.5, 0.6) is 5.75 Å². The molecule has 1 fully saturated rings. The average Bonchev–Trinajstić information content (AvgIpc) is 3.35. The van der Waals surface area contributed by atoms with E-state index in [-0.39, 0.29) is 24.4 Å². The second-order valence-electron chi connectivity index (χ2n) is 6.96. The largest absolute Gasteiger partial charge is 0.495 e. The third kappa shape index (κ3) is 4.81. The van der Waals surface area contributed by atoms with Crippen molar-refractivity contribution in [3.05, 3.63) is 75.7 Å². The number of benzene rings is 1. The lowest BCUT2D eigenvalue weighted by atomic mass is 10.0. The monoisotopic (exact) mass is 472 g/mol. The van der Waals surface area contributed by atoms with Gasteiger partial charge in [0.1, 0.15) is 5.75 Å². The Bertz CT molecular complexity index is 1080. The summed E-state index contributed by atoms with van der Waals surface area (Å²) in [5.74, 6) is 0.507. The number of halogens is 1. The molecule has 0 spiro atoms. The quantitative estimate of drug-likeness (QED) is 0.481. The van der Waals surface area contributed by atoms with E-state index in [0.717, 1.165) is 10.6 Å². The Balaban J connectivity index is 1.52. The van der Waals surface area contributed by atoms with E-state index in [4.69, 9.17) is 28.6 Å². The molecular weight excluding hydrogens is 452 g/mol. The van der Waals surface area contributed by atoms with E-state index in [1.54, 1.807) is 13.3 Å². The standard InChI is InChI=1S/C22H21ClN4O2S2/c1-29-16-8-3-2-6-14(16)25-19(28)11-13-27-21(17-9-10-18(23)31-17)20(26-22(27)30)15-7-4-5-12-24-15/h2-10,12,20-21H,11,13H2,1H3,(H,25,28)(H,26,30). The maximum atomic E-state index is 12.7. The fourth-order valence-electron chi connectivity index (χ4n) is 3.63. The maximum Gasteiger partial charge on any atom is 0.226 e. The van der Waals surface area contributed by atoms with E-state index in [9.17, 15) is 4.79 Å². The number of aromatic nitrogens is 1. The number of carbonyl (C=O) groups excluding carboxylic acids is 1. The lowest BCUT2D eigenvalue weighted by Gasteiger charge is -2.26. The lowest BCUT2D eigenvalue weighted by Crippen LogP contribution is -2.32. The molecule has 0 radical (unpaired) electrons. The molecule has 4 rings (SSSR count). The zero-order chi connectivity index (χ0) is 21.8. The Kier molecular flexibility index (Phi) is 6.70. The number of para-hydroxylation sites is 2. The summed E-state index contributed by atoms with van der Waals surface area (Å²) in [5.41, 5.74) is 1.53. The molecule has 0 aliphatic carbocycles. The number of methoxy groups -OCH3 is 1. The van der Waals surface area contributed by atoms with Gasteiger partial charge in [0.15, 0.2) is 5.11 Å². The minimum atomic E-state index is -0.124. The molecule has 1 aliphatic heterocycles. The van der Waals surface area contributed by atoms with E-state index in [1.807, 2.05) is 59.5 Å². The first-order valence-corrected chi connectivity index (χ1v) is 11.3. The third-order valence-corrected chi connectivity index (χ3v) is 6.70. The highest BCUT2D eigenvalue weighted by atomic mass is 35.5. The van der Waals surface area contributed by atoms with Crippen LogP contribution in [0.2, 0.25) is 4.34 Å². The van der Waals surface area contributed by atoms with Gasteiger partial charge in [-0.05, 0) is 48.6 Å². The molecule has 1 aliphatic rings. The second kappa shape index (κ2) is 9.64. The smallest absolute Gasteiger partial charge is 0.226 e. The van der Waals surface area contributed by atoms with Crippen molar-refractivity contribution in [2.45, 2.75) is 18.5 Å². The Morgan fingerprint density at radius 1 is 1.26 bits per heavy atom. The first kappa shape index (κ1) is 21.5. The highest BCUT2D eigenvalue weighted by molar-refractivity contribution is 7.80. The minimum Gasteiger partial charge on any atom is -0.495 e. The van der Waals surface area contributed by atoms with E-state index in [1.165, 1.54) is 11.3 Å². The SMILES string of the molecule is COc1ccccc1NC(=O)CCN1C(=S)NC(c2ccccn2)C1c1ccc(Cl)s1. The summed E-state index contributed by atoms with van der Waals surface area (Å²) in [6.45, 7) is 0.455. The number of carbonyl (C=O) groups is 1. The zero-order valence-electron chi connectivity index (χ0n) is 16.7. The van der Waals surface area contributed by atoms with Crippen LogP contribution in [0.25, 0.3) is 0 Å². The van der Waals surface area contributed by atoms with Crippen LogP contribution in [0.1, 0.15) is 29.1 Å². The van der Waals surface area contributed by atoms with Crippen LogP contribution in [0.3, 0.4) is 0 Å². The third-order valence-electron chi connectivity index (χ3n) is 5.04. The molecule has 3 heterocycles. The minimum absolute atomic E-state index is 0.0982. The molecule has 31 heavy (non-hydrogen) atoms. The van der Waals surface area contributed by atoms with Crippen molar-refractivity contribution >= 4 is 51.9 Å². The Hall–Kier alpha value is -2.68. The van der Waals surface area contributed by atoms with E-state index < -0.39 is 0 Å². The molecule has 2 aromatic heterocycles. The molecule has 1 saturated heterocycles. The fourth-order valence-corrected chi connectivity index (χ4v) is 5.17. The molecule has 2 unspecified atom stereocenters. The van der Waals surface area contributed by atoms with Crippen molar-refractivity contribution in [2.75, 3.05) is 19.0 Å². The van der Waals surface area contributed by atoms with Crippen LogP contribution < -0.4 is 15.4 Å². The average molecular weight is 473 g/mol.